The molecule has 0 fully saturated rings. The van der Waals surface area contributed by atoms with E-state index in [1.54, 1.807) is 0 Å². The summed E-state index contributed by atoms with van der Waals surface area (Å²) in [6.45, 7) is 1.88. The van der Waals surface area contributed by atoms with E-state index in [1.165, 1.54) is 0 Å². The van der Waals surface area contributed by atoms with Crippen molar-refractivity contribution in [2.24, 2.45) is 0 Å². The van der Waals surface area contributed by atoms with Gasteiger partial charge in [0.15, 0.2) is 0 Å². The zero-order valence-electron chi connectivity index (χ0n) is 6.53. The van der Waals surface area contributed by atoms with Crippen molar-refractivity contribution in [3.8, 4) is 5.75 Å². The van der Waals surface area contributed by atoms with E-state index in [2.05, 4.69) is 0 Å². The third-order valence-corrected chi connectivity index (χ3v) is 1.34. The second kappa shape index (κ2) is 3.98. The first-order chi connectivity index (χ1) is 5.33. The molecule has 0 saturated heterocycles. The number of benzene rings is 1. The molecule has 0 aliphatic rings. The van der Waals surface area contributed by atoms with E-state index in [4.69, 9.17) is 9.84 Å². The minimum Gasteiger partial charge on any atom is -0.488 e. The van der Waals surface area contributed by atoms with Gasteiger partial charge in [0.05, 0.1) is 6.61 Å². The molecule has 0 amide bonds. The van der Waals surface area contributed by atoms with E-state index < -0.39 is 0 Å². The number of hydrogen-bond donors (Lipinski definition) is 1. The van der Waals surface area contributed by atoms with Crippen LogP contribution in [0, 0.1) is 0 Å². The molecule has 60 valence electrons. The third-order valence-electron chi connectivity index (χ3n) is 1.34. The van der Waals surface area contributed by atoms with Crippen LogP contribution in [-0.2, 0) is 0 Å². The Hall–Kier alpha value is -1.02. The molecule has 11 heavy (non-hydrogen) atoms. The lowest BCUT2D eigenvalue weighted by molar-refractivity contribution is 0.130. The fourth-order valence-electron chi connectivity index (χ4n) is 0.769. The van der Waals surface area contributed by atoms with E-state index in [9.17, 15) is 0 Å². The minimum atomic E-state index is -0.127. The summed E-state index contributed by atoms with van der Waals surface area (Å²) in [5.74, 6) is 0.800. The van der Waals surface area contributed by atoms with Crippen molar-refractivity contribution >= 4 is 0 Å². The molecule has 0 heterocycles. The molecular weight excluding hydrogens is 140 g/mol. The van der Waals surface area contributed by atoms with Gasteiger partial charge in [-0.1, -0.05) is 18.2 Å². The molecule has 0 spiro atoms. The van der Waals surface area contributed by atoms with Gasteiger partial charge in [0.1, 0.15) is 11.9 Å². The van der Waals surface area contributed by atoms with Crippen LogP contribution in [0.15, 0.2) is 30.3 Å². The average molecular weight is 152 g/mol. The van der Waals surface area contributed by atoms with Crippen LogP contribution in [0.1, 0.15) is 6.92 Å². The van der Waals surface area contributed by atoms with Crippen LogP contribution in [-0.4, -0.2) is 17.8 Å². The van der Waals surface area contributed by atoms with Crippen LogP contribution >= 0.6 is 0 Å². The number of rotatable bonds is 3. The van der Waals surface area contributed by atoms with E-state index in [0.29, 0.717) is 0 Å². The smallest absolute Gasteiger partial charge is 0.119 e. The Morgan fingerprint density at radius 3 is 2.55 bits per heavy atom. The lowest BCUT2D eigenvalue weighted by atomic mass is 10.3. The van der Waals surface area contributed by atoms with Crippen molar-refractivity contribution in [1.29, 1.82) is 0 Å². The molecule has 1 rings (SSSR count). The van der Waals surface area contributed by atoms with Gasteiger partial charge in [-0.15, -0.1) is 0 Å². The van der Waals surface area contributed by atoms with Crippen LogP contribution in [0.5, 0.6) is 5.75 Å². The van der Waals surface area contributed by atoms with Crippen LogP contribution in [0.4, 0.5) is 0 Å². The highest BCUT2D eigenvalue weighted by Gasteiger charge is 1.99. The Bertz CT molecular complexity index is 196. The molecule has 1 aromatic carbocycles. The molecule has 0 saturated carbocycles. The summed E-state index contributed by atoms with van der Waals surface area (Å²) in [6, 6.07) is 9.47. The highest BCUT2D eigenvalue weighted by molar-refractivity contribution is 5.21. The van der Waals surface area contributed by atoms with Gasteiger partial charge < -0.3 is 9.84 Å². The average Bonchev–Trinajstić information content (AvgIpc) is 2.06. The maximum atomic E-state index is 8.67. The molecule has 1 atom stereocenters. The molecule has 0 aliphatic heterocycles. The first-order valence-corrected chi connectivity index (χ1v) is 3.65. The molecule has 1 N–H and O–H groups in total. The van der Waals surface area contributed by atoms with Gasteiger partial charge in [-0.25, -0.2) is 0 Å². The summed E-state index contributed by atoms with van der Waals surface area (Å²) in [4.78, 5) is 0. The van der Waals surface area contributed by atoms with Gasteiger partial charge in [0, 0.05) is 0 Å². The molecular formula is C9H12O2. The molecule has 0 bridgehead atoms. The minimum absolute atomic E-state index is 0.0505. The summed E-state index contributed by atoms with van der Waals surface area (Å²) in [5, 5.41) is 8.67. The molecule has 0 radical (unpaired) electrons. The lowest BCUT2D eigenvalue weighted by Gasteiger charge is -2.10. The largest absolute Gasteiger partial charge is 0.488 e. The first kappa shape index (κ1) is 8.08. The van der Waals surface area contributed by atoms with Crippen molar-refractivity contribution in [2.75, 3.05) is 6.61 Å². The third kappa shape index (κ3) is 2.60. The normalized spacial score (nSPS) is 12.5. The Kier molecular flexibility index (Phi) is 2.93. The van der Waals surface area contributed by atoms with Crippen molar-refractivity contribution in [2.45, 2.75) is 13.0 Å². The topological polar surface area (TPSA) is 29.5 Å². The maximum Gasteiger partial charge on any atom is 0.119 e. The predicted octanol–water partition coefficient (Wildman–Crippen LogP) is 1.45. The summed E-state index contributed by atoms with van der Waals surface area (Å²) in [7, 11) is 0. The van der Waals surface area contributed by atoms with Crippen molar-refractivity contribution in [1.82, 2.24) is 0 Å². The van der Waals surface area contributed by atoms with E-state index >= 15 is 0 Å². The molecule has 2 nitrogen and oxygen atoms in total. The van der Waals surface area contributed by atoms with Crippen molar-refractivity contribution in [3.05, 3.63) is 30.3 Å². The lowest BCUT2D eigenvalue weighted by Crippen LogP contribution is -2.15. The Morgan fingerprint density at radius 1 is 1.36 bits per heavy atom. The van der Waals surface area contributed by atoms with Gasteiger partial charge >= 0.3 is 0 Å². The zero-order valence-corrected chi connectivity index (χ0v) is 6.53. The van der Waals surface area contributed by atoms with Gasteiger partial charge in [-0.05, 0) is 19.1 Å². The Morgan fingerprint density at radius 2 is 2.00 bits per heavy atom. The molecule has 0 unspecified atom stereocenters. The van der Waals surface area contributed by atoms with Gasteiger partial charge in [-0.3, -0.25) is 0 Å². The quantitative estimate of drug-likeness (QED) is 0.710. The number of aliphatic hydroxyl groups excluding tert-OH is 1. The monoisotopic (exact) mass is 152 g/mol. The van der Waals surface area contributed by atoms with Crippen LogP contribution in [0.3, 0.4) is 0 Å². The van der Waals surface area contributed by atoms with Crippen LogP contribution in [0.25, 0.3) is 0 Å². The summed E-state index contributed by atoms with van der Waals surface area (Å²) >= 11 is 0. The Balaban J connectivity index is 2.51. The van der Waals surface area contributed by atoms with Crippen molar-refractivity contribution < 1.29 is 9.84 Å². The second-order valence-corrected chi connectivity index (χ2v) is 2.42. The summed E-state index contributed by atoms with van der Waals surface area (Å²) in [6.07, 6.45) is -0.127. The summed E-state index contributed by atoms with van der Waals surface area (Å²) in [5.41, 5.74) is 0. The summed E-state index contributed by atoms with van der Waals surface area (Å²) < 4.78 is 5.31. The number of para-hydroxylation sites is 1. The maximum absolute atomic E-state index is 8.67. The zero-order chi connectivity index (χ0) is 8.10. The van der Waals surface area contributed by atoms with E-state index in [0.717, 1.165) is 5.75 Å². The van der Waals surface area contributed by atoms with E-state index in [1.807, 2.05) is 37.3 Å². The SMILES string of the molecule is C[C@H](CO)Oc1ccccc1. The van der Waals surface area contributed by atoms with Crippen molar-refractivity contribution in [3.63, 3.8) is 0 Å². The number of ether oxygens (including phenoxy) is 1. The van der Waals surface area contributed by atoms with Gasteiger partial charge in [-0.2, -0.15) is 0 Å². The fraction of sp³-hybridized carbons (Fsp3) is 0.333. The highest BCUT2D eigenvalue weighted by atomic mass is 16.5. The highest BCUT2D eigenvalue weighted by Crippen LogP contribution is 2.09. The number of hydrogen-bond acceptors (Lipinski definition) is 2. The second-order valence-electron chi connectivity index (χ2n) is 2.42. The van der Waals surface area contributed by atoms with Crippen LogP contribution < -0.4 is 4.74 Å². The predicted molar refractivity (Wildman–Crippen MR) is 43.6 cm³/mol. The number of aliphatic hydroxyl groups is 1. The molecule has 0 aromatic heterocycles. The van der Waals surface area contributed by atoms with Crippen LogP contribution in [0.2, 0.25) is 0 Å². The van der Waals surface area contributed by atoms with E-state index in [-0.39, 0.29) is 12.7 Å². The standard InChI is InChI=1S/C9H12O2/c1-8(7-10)11-9-5-3-2-4-6-9/h2-6,8,10H,7H2,1H3/t8-/m1/s1. The molecule has 0 aliphatic carbocycles. The Labute approximate surface area is 66.4 Å². The van der Waals surface area contributed by atoms with Gasteiger partial charge in [0.2, 0.25) is 0 Å². The molecule has 2 heteroatoms. The first-order valence-electron chi connectivity index (χ1n) is 3.65. The molecule has 1 aromatic rings. The van der Waals surface area contributed by atoms with Gasteiger partial charge in [0.25, 0.3) is 0 Å². The fourth-order valence-corrected chi connectivity index (χ4v) is 0.769.